The number of aliphatic carboxylic acids is 1. The van der Waals surface area contributed by atoms with Gasteiger partial charge in [-0.05, 0) is 24.1 Å². The van der Waals surface area contributed by atoms with Gasteiger partial charge in [0.25, 0.3) is 5.91 Å². The molecule has 0 saturated carbocycles. The summed E-state index contributed by atoms with van der Waals surface area (Å²) in [5.41, 5.74) is 7.03. The third kappa shape index (κ3) is 1.66. The largest absolute Gasteiger partial charge is 0.480 e. The zero-order valence-corrected chi connectivity index (χ0v) is 9.35. The monoisotopic (exact) mass is 246 g/mol. The molecule has 1 aromatic rings. The number of anilines is 1. The highest BCUT2D eigenvalue weighted by atomic mass is 16.4. The van der Waals surface area contributed by atoms with E-state index in [1.54, 1.807) is 30.3 Å². The summed E-state index contributed by atoms with van der Waals surface area (Å²) in [4.78, 5) is 27.1. The summed E-state index contributed by atoms with van der Waals surface area (Å²) in [6.07, 6.45) is -0.0277. The van der Waals surface area contributed by atoms with E-state index in [1.165, 1.54) is 4.90 Å². The van der Waals surface area contributed by atoms with E-state index in [9.17, 15) is 9.59 Å². The SMILES string of the molecule is [N-]=[N+]=N[C@@]1(C(=O)O)CCN(c2ccccc2)C1=O. The normalized spacial score (nSPS) is 22.7. The van der Waals surface area contributed by atoms with Gasteiger partial charge in [0.05, 0.1) is 0 Å². The molecule has 7 heteroatoms. The lowest BCUT2D eigenvalue weighted by Gasteiger charge is -2.19. The second-order valence-corrected chi connectivity index (χ2v) is 3.90. The highest BCUT2D eigenvalue weighted by Crippen LogP contribution is 2.31. The second kappa shape index (κ2) is 4.38. The number of rotatable bonds is 3. The summed E-state index contributed by atoms with van der Waals surface area (Å²) in [6.45, 7) is 0.216. The number of carbonyl (C=O) groups is 2. The second-order valence-electron chi connectivity index (χ2n) is 3.90. The minimum absolute atomic E-state index is 0.0277. The Morgan fingerprint density at radius 2 is 2.11 bits per heavy atom. The minimum atomic E-state index is -2.01. The van der Waals surface area contributed by atoms with Gasteiger partial charge in [-0.3, -0.25) is 9.59 Å². The van der Waals surface area contributed by atoms with Crippen LogP contribution in [0.15, 0.2) is 35.4 Å². The van der Waals surface area contributed by atoms with E-state index in [1.807, 2.05) is 0 Å². The first-order chi connectivity index (χ1) is 8.62. The minimum Gasteiger partial charge on any atom is -0.480 e. The molecular weight excluding hydrogens is 236 g/mol. The Morgan fingerprint density at radius 3 is 2.67 bits per heavy atom. The van der Waals surface area contributed by atoms with Crippen molar-refractivity contribution in [2.75, 3.05) is 11.4 Å². The maximum absolute atomic E-state index is 12.1. The van der Waals surface area contributed by atoms with E-state index in [0.717, 1.165) is 0 Å². The zero-order chi connectivity index (χ0) is 13.2. The predicted molar refractivity (Wildman–Crippen MR) is 62.9 cm³/mol. The molecule has 1 fully saturated rings. The number of carbonyl (C=O) groups excluding carboxylic acids is 1. The van der Waals surface area contributed by atoms with Gasteiger partial charge in [-0.15, -0.1) is 0 Å². The van der Waals surface area contributed by atoms with Gasteiger partial charge in [0.15, 0.2) is 0 Å². The first kappa shape index (κ1) is 11.9. The van der Waals surface area contributed by atoms with E-state index in [2.05, 4.69) is 10.0 Å². The molecule has 7 nitrogen and oxygen atoms in total. The molecule has 1 aromatic carbocycles. The molecule has 0 unspecified atom stereocenters. The van der Waals surface area contributed by atoms with Crippen LogP contribution in [0.25, 0.3) is 10.4 Å². The van der Waals surface area contributed by atoms with Crippen LogP contribution in [0.1, 0.15) is 6.42 Å². The Kier molecular flexibility index (Phi) is 2.91. The molecule has 0 bridgehead atoms. The van der Waals surface area contributed by atoms with E-state index in [-0.39, 0.29) is 13.0 Å². The van der Waals surface area contributed by atoms with Crippen LogP contribution in [-0.4, -0.2) is 29.1 Å². The number of hydrogen-bond donors (Lipinski definition) is 1. The zero-order valence-electron chi connectivity index (χ0n) is 9.35. The Balaban J connectivity index is 2.40. The number of nitrogens with zero attached hydrogens (tertiary/aromatic N) is 4. The van der Waals surface area contributed by atoms with Gasteiger partial charge in [0.1, 0.15) is 0 Å². The van der Waals surface area contributed by atoms with Crippen LogP contribution in [0.4, 0.5) is 5.69 Å². The summed E-state index contributed by atoms with van der Waals surface area (Å²) in [6, 6.07) is 8.69. The molecule has 18 heavy (non-hydrogen) atoms. The van der Waals surface area contributed by atoms with Gasteiger partial charge in [-0.1, -0.05) is 23.3 Å². The molecule has 0 aliphatic carbocycles. The smallest absolute Gasteiger partial charge is 0.325 e. The molecule has 1 atom stereocenters. The van der Waals surface area contributed by atoms with E-state index in [4.69, 9.17) is 10.6 Å². The quantitative estimate of drug-likeness (QED) is 0.378. The highest BCUT2D eigenvalue weighted by Gasteiger charge is 2.53. The van der Waals surface area contributed by atoms with Crippen LogP contribution in [0, 0.1) is 0 Å². The molecule has 0 aromatic heterocycles. The lowest BCUT2D eigenvalue weighted by molar-refractivity contribution is -0.146. The van der Waals surface area contributed by atoms with Crippen molar-refractivity contribution in [2.45, 2.75) is 12.0 Å². The van der Waals surface area contributed by atoms with E-state index < -0.39 is 17.4 Å². The molecule has 1 saturated heterocycles. The molecule has 0 spiro atoms. The van der Waals surface area contributed by atoms with Crippen molar-refractivity contribution in [1.29, 1.82) is 0 Å². The van der Waals surface area contributed by atoms with Crippen LogP contribution in [0.3, 0.4) is 0 Å². The molecule has 0 radical (unpaired) electrons. The maximum atomic E-state index is 12.1. The van der Waals surface area contributed by atoms with Crippen molar-refractivity contribution in [1.82, 2.24) is 0 Å². The van der Waals surface area contributed by atoms with Gasteiger partial charge >= 0.3 is 5.97 Å². The summed E-state index contributed by atoms with van der Waals surface area (Å²) in [5.74, 6) is -2.11. The van der Waals surface area contributed by atoms with Crippen LogP contribution in [-0.2, 0) is 9.59 Å². The Bertz CT molecular complexity index is 534. The van der Waals surface area contributed by atoms with Crippen molar-refractivity contribution in [3.05, 3.63) is 40.8 Å². The molecule has 1 heterocycles. The number of carboxylic acids is 1. The number of azide groups is 1. The van der Waals surface area contributed by atoms with E-state index >= 15 is 0 Å². The van der Waals surface area contributed by atoms with Crippen LogP contribution >= 0.6 is 0 Å². The van der Waals surface area contributed by atoms with Gasteiger partial charge < -0.3 is 10.0 Å². The molecule has 1 aliphatic rings. The number of carboxylic acid groups (broad SMARTS) is 1. The molecular formula is C11H10N4O3. The van der Waals surface area contributed by atoms with Gasteiger partial charge in [0, 0.05) is 17.1 Å². The fraction of sp³-hybridized carbons (Fsp3) is 0.273. The van der Waals surface area contributed by atoms with Crippen molar-refractivity contribution in [2.24, 2.45) is 5.11 Å². The Labute approximate surface area is 102 Å². The molecule has 1 amide bonds. The molecule has 92 valence electrons. The lowest BCUT2D eigenvalue weighted by atomic mass is 10.00. The van der Waals surface area contributed by atoms with Crippen molar-refractivity contribution >= 4 is 17.6 Å². The topological polar surface area (TPSA) is 106 Å². The maximum Gasteiger partial charge on any atom is 0.325 e. The summed E-state index contributed by atoms with van der Waals surface area (Å²) in [5, 5.41) is 12.3. The average Bonchev–Trinajstić information content (AvgIpc) is 2.70. The van der Waals surface area contributed by atoms with Crippen LogP contribution in [0.5, 0.6) is 0 Å². The number of benzene rings is 1. The van der Waals surface area contributed by atoms with Crippen molar-refractivity contribution in [3.63, 3.8) is 0 Å². The van der Waals surface area contributed by atoms with Gasteiger partial charge in [0.2, 0.25) is 5.54 Å². The first-order valence-corrected chi connectivity index (χ1v) is 5.28. The number of para-hydroxylation sites is 1. The Morgan fingerprint density at radius 1 is 1.44 bits per heavy atom. The molecule has 1 N–H and O–H groups in total. The molecule has 2 rings (SSSR count). The third-order valence-corrected chi connectivity index (χ3v) is 2.93. The standard InChI is InChI=1S/C11H10N4O3/c12-14-13-11(10(17)18)6-7-15(9(11)16)8-4-2-1-3-5-8/h1-5H,6-7H2,(H,17,18)/t11-/m0/s1. The summed E-state index contributed by atoms with van der Waals surface area (Å²) < 4.78 is 0. The van der Waals surface area contributed by atoms with Crippen LogP contribution in [0.2, 0.25) is 0 Å². The van der Waals surface area contributed by atoms with E-state index in [0.29, 0.717) is 5.69 Å². The molecule has 1 aliphatic heterocycles. The predicted octanol–water partition coefficient (Wildman–Crippen LogP) is 1.56. The number of hydrogen-bond acceptors (Lipinski definition) is 3. The summed E-state index contributed by atoms with van der Waals surface area (Å²) in [7, 11) is 0. The average molecular weight is 246 g/mol. The van der Waals surface area contributed by atoms with Gasteiger partial charge in [-0.2, -0.15) is 0 Å². The Hall–Kier alpha value is -2.53. The lowest BCUT2D eigenvalue weighted by Crippen LogP contribution is -2.45. The first-order valence-electron chi connectivity index (χ1n) is 5.28. The van der Waals surface area contributed by atoms with Crippen LogP contribution < -0.4 is 4.90 Å². The number of amides is 1. The fourth-order valence-electron chi connectivity index (χ4n) is 1.97. The third-order valence-electron chi connectivity index (χ3n) is 2.93. The van der Waals surface area contributed by atoms with Crippen molar-refractivity contribution in [3.8, 4) is 0 Å². The summed E-state index contributed by atoms with van der Waals surface area (Å²) >= 11 is 0. The fourth-order valence-corrected chi connectivity index (χ4v) is 1.97. The van der Waals surface area contributed by atoms with Gasteiger partial charge in [-0.25, -0.2) is 0 Å². The highest BCUT2D eigenvalue weighted by molar-refractivity contribution is 6.15. The van der Waals surface area contributed by atoms with Crippen molar-refractivity contribution < 1.29 is 14.7 Å².